The first kappa shape index (κ1) is 15.8. The molecule has 0 amide bonds. The summed E-state index contributed by atoms with van der Waals surface area (Å²) >= 11 is 1.39. The second kappa shape index (κ2) is 6.05. The number of aryl methyl sites for hydroxylation is 1. The molecule has 114 valence electrons. The van der Waals surface area contributed by atoms with E-state index in [1.165, 1.54) is 18.4 Å². The molecule has 1 aliphatic carbocycles. The van der Waals surface area contributed by atoms with Crippen molar-refractivity contribution in [1.29, 1.82) is 0 Å². The number of sulfonamides is 1. The molecule has 1 aliphatic rings. The van der Waals surface area contributed by atoms with Crippen molar-refractivity contribution in [1.82, 2.24) is 9.62 Å². The third-order valence-corrected chi connectivity index (χ3v) is 6.28. The van der Waals surface area contributed by atoms with Gasteiger partial charge in [-0.15, -0.1) is 11.3 Å². The van der Waals surface area contributed by atoms with E-state index >= 15 is 0 Å². The Bertz CT molecular complexity index is 568. The van der Waals surface area contributed by atoms with Crippen molar-refractivity contribution in [3.63, 3.8) is 0 Å². The Labute approximate surface area is 121 Å². The highest BCUT2D eigenvalue weighted by Gasteiger charge is 2.27. The Kier molecular flexibility index (Phi) is 4.78. The molecule has 0 aliphatic heterocycles. The molecular weight excluding hydrogens is 306 g/mol. The summed E-state index contributed by atoms with van der Waals surface area (Å²) in [4.78, 5) is 1.69. The minimum atomic E-state index is -3.83. The summed E-state index contributed by atoms with van der Waals surface area (Å²) in [5, 5.41) is 3.31. The van der Waals surface area contributed by atoms with Crippen LogP contribution >= 0.6 is 11.3 Å². The van der Waals surface area contributed by atoms with Crippen molar-refractivity contribution < 1.29 is 17.2 Å². The molecule has 1 aromatic rings. The van der Waals surface area contributed by atoms with Gasteiger partial charge in [-0.25, -0.2) is 17.2 Å². The largest absolute Gasteiger partial charge is 0.309 e. The van der Waals surface area contributed by atoms with Crippen molar-refractivity contribution in [3.8, 4) is 0 Å². The fraction of sp³-hybridized carbons (Fsp3) is 0.667. The molecule has 1 aromatic heterocycles. The van der Waals surface area contributed by atoms with E-state index in [0.717, 1.165) is 17.7 Å². The van der Waals surface area contributed by atoms with Gasteiger partial charge in [0.2, 0.25) is 10.0 Å². The van der Waals surface area contributed by atoms with Gasteiger partial charge >= 0.3 is 0 Å². The summed E-state index contributed by atoms with van der Waals surface area (Å²) in [5.74, 6) is 0. The Morgan fingerprint density at radius 1 is 1.50 bits per heavy atom. The predicted molar refractivity (Wildman–Crippen MR) is 74.7 cm³/mol. The normalized spacial score (nSPS) is 16.3. The highest BCUT2D eigenvalue weighted by Crippen LogP contribution is 2.29. The van der Waals surface area contributed by atoms with Crippen LogP contribution in [0.2, 0.25) is 0 Å². The summed E-state index contributed by atoms with van der Waals surface area (Å²) in [5.41, 5.74) is 0. The van der Waals surface area contributed by atoms with E-state index in [1.54, 1.807) is 13.0 Å². The zero-order valence-electron chi connectivity index (χ0n) is 11.4. The number of nitrogens with one attached hydrogen (secondary N) is 1. The van der Waals surface area contributed by atoms with Gasteiger partial charge in [-0.2, -0.15) is 4.31 Å². The zero-order valence-corrected chi connectivity index (χ0v) is 13.0. The number of rotatable bonds is 7. The lowest BCUT2D eigenvalue weighted by Gasteiger charge is -2.16. The molecule has 0 aromatic carbocycles. The maximum atomic E-state index is 12.3. The Hall–Kier alpha value is -0.570. The molecule has 0 unspecified atom stereocenters. The average molecular weight is 324 g/mol. The van der Waals surface area contributed by atoms with Crippen molar-refractivity contribution in [2.75, 3.05) is 13.6 Å². The van der Waals surface area contributed by atoms with Crippen LogP contribution in [0, 0.1) is 6.92 Å². The number of thiophene rings is 1. The van der Waals surface area contributed by atoms with E-state index in [0.29, 0.717) is 21.8 Å². The van der Waals surface area contributed by atoms with Gasteiger partial charge in [0.1, 0.15) is 0 Å². The fourth-order valence-electron chi connectivity index (χ4n) is 1.86. The lowest BCUT2D eigenvalue weighted by atomic mass is 10.4. The van der Waals surface area contributed by atoms with Crippen molar-refractivity contribution >= 4 is 21.4 Å². The Morgan fingerprint density at radius 3 is 2.70 bits per heavy atom. The highest BCUT2D eigenvalue weighted by atomic mass is 32.2. The quantitative estimate of drug-likeness (QED) is 0.836. The van der Waals surface area contributed by atoms with Crippen molar-refractivity contribution in [2.45, 2.75) is 43.7 Å². The summed E-state index contributed by atoms with van der Waals surface area (Å²) < 4.78 is 49.9. The maximum Gasteiger partial charge on any atom is 0.252 e. The van der Waals surface area contributed by atoms with Gasteiger partial charge in [0.15, 0.2) is 0 Å². The average Bonchev–Trinajstić information content (AvgIpc) is 3.08. The first-order valence-corrected chi connectivity index (χ1v) is 8.63. The fourth-order valence-corrected chi connectivity index (χ4v) is 4.56. The summed E-state index contributed by atoms with van der Waals surface area (Å²) in [7, 11) is -2.65. The molecule has 1 heterocycles. The van der Waals surface area contributed by atoms with E-state index in [4.69, 9.17) is 0 Å². The minimum Gasteiger partial charge on any atom is -0.309 e. The van der Waals surface area contributed by atoms with Crippen LogP contribution in [0.15, 0.2) is 11.0 Å². The van der Waals surface area contributed by atoms with Gasteiger partial charge in [-0.1, -0.05) is 0 Å². The van der Waals surface area contributed by atoms with Crippen LogP contribution in [0.3, 0.4) is 0 Å². The number of hydrogen-bond donors (Lipinski definition) is 1. The SMILES string of the molecule is Cc1sc(CNC2CC2)cc1S(=O)(=O)N(C)CC(F)F. The van der Waals surface area contributed by atoms with Gasteiger partial charge in [0.25, 0.3) is 6.43 Å². The predicted octanol–water partition coefficient (Wildman–Crippen LogP) is 2.19. The summed E-state index contributed by atoms with van der Waals surface area (Å²) in [6.45, 7) is 1.55. The van der Waals surface area contributed by atoms with Crippen LogP contribution in [-0.4, -0.2) is 38.8 Å². The van der Waals surface area contributed by atoms with Gasteiger partial charge in [-0.05, 0) is 25.8 Å². The maximum absolute atomic E-state index is 12.3. The molecule has 0 bridgehead atoms. The van der Waals surface area contributed by atoms with Crippen LogP contribution < -0.4 is 5.32 Å². The highest BCUT2D eigenvalue weighted by molar-refractivity contribution is 7.89. The molecule has 1 N–H and O–H groups in total. The van der Waals surface area contributed by atoms with E-state index in [9.17, 15) is 17.2 Å². The van der Waals surface area contributed by atoms with Crippen molar-refractivity contribution in [2.24, 2.45) is 0 Å². The van der Waals surface area contributed by atoms with Crippen LogP contribution in [0.4, 0.5) is 8.78 Å². The molecule has 0 radical (unpaired) electrons. The molecule has 1 saturated carbocycles. The zero-order chi connectivity index (χ0) is 14.9. The number of nitrogens with zero attached hydrogens (tertiary/aromatic N) is 1. The molecule has 0 saturated heterocycles. The first-order chi connectivity index (χ1) is 9.30. The second-order valence-electron chi connectivity index (χ2n) is 4.96. The van der Waals surface area contributed by atoms with E-state index in [1.807, 2.05) is 0 Å². The number of alkyl halides is 2. The lowest BCUT2D eigenvalue weighted by molar-refractivity contribution is 0.126. The molecule has 2 rings (SSSR count). The molecular formula is C12H18F2N2O2S2. The second-order valence-corrected chi connectivity index (χ2v) is 8.32. The molecule has 4 nitrogen and oxygen atoms in total. The lowest BCUT2D eigenvalue weighted by Crippen LogP contribution is -2.31. The first-order valence-electron chi connectivity index (χ1n) is 6.38. The van der Waals surface area contributed by atoms with Gasteiger partial charge < -0.3 is 5.32 Å². The van der Waals surface area contributed by atoms with Crippen LogP contribution in [0.5, 0.6) is 0 Å². The Morgan fingerprint density at radius 2 is 2.15 bits per heavy atom. The van der Waals surface area contributed by atoms with Gasteiger partial charge in [0, 0.05) is 29.4 Å². The topological polar surface area (TPSA) is 49.4 Å². The molecule has 0 atom stereocenters. The third kappa shape index (κ3) is 3.75. The van der Waals surface area contributed by atoms with Crippen LogP contribution in [-0.2, 0) is 16.6 Å². The summed E-state index contributed by atoms with van der Waals surface area (Å²) in [6, 6.07) is 2.13. The van der Waals surface area contributed by atoms with Gasteiger partial charge in [-0.3, -0.25) is 0 Å². The van der Waals surface area contributed by atoms with E-state index in [2.05, 4.69) is 5.32 Å². The Balaban J connectivity index is 2.13. The van der Waals surface area contributed by atoms with Crippen LogP contribution in [0.25, 0.3) is 0 Å². The van der Waals surface area contributed by atoms with E-state index < -0.39 is 23.0 Å². The summed E-state index contributed by atoms with van der Waals surface area (Å²) in [6.07, 6.45) is -0.357. The van der Waals surface area contributed by atoms with Gasteiger partial charge in [0.05, 0.1) is 11.4 Å². The van der Waals surface area contributed by atoms with Crippen LogP contribution in [0.1, 0.15) is 22.6 Å². The monoisotopic (exact) mass is 324 g/mol. The molecule has 8 heteroatoms. The standard InChI is InChI=1S/C12H18F2N2O2S2/c1-8-11(20(17,18)16(2)7-12(13)14)5-10(19-8)6-15-9-3-4-9/h5,9,12,15H,3-4,6-7H2,1-2H3. The third-order valence-electron chi connectivity index (χ3n) is 3.15. The number of halogens is 2. The smallest absolute Gasteiger partial charge is 0.252 e. The molecule has 1 fully saturated rings. The van der Waals surface area contributed by atoms with Crippen molar-refractivity contribution in [3.05, 3.63) is 15.8 Å². The number of hydrogen-bond acceptors (Lipinski definition) is 4. The molecule has 20 heavy (non-hydrogen) atoms. The molecule has 0 spiro atoms. The van der Waals surface area contributed by atoms with E-state index in [-0.39, 0.29) is 4.90 Å². The minimum absolute atomic E-state index is 0.137.